The van der Waals surface area contributed by atoms with Gasteiger partial charge in [-0.05, 0) is 44.9 Å². The fourth-order valence-corrected chi connectivity index (χ4v) is 1.76. The molecule has 1 heterocycles. The van der Waals surface area contributed by atoms with E-state index in [0.717, 1.165) is 18.5 Å². The van der Waals surface area contributed by atoms with Crippen LogP contribution < -0.4 is 5.32 Å². The lowest BCUT2D eigenvalue weighted by molar-refractivity contribution is 0.485. The molecule has 0 aromatic carbocycles. The van der Waals surface area contributed by atoms with Crippen molar-refractivity contribution < 1.29 is 0 Å². The molecule has 0 bridgehead atoms. The first-order valence-corrected chi connectivity index (χ1v) is 5.26. The average molecular weight is 165 g/mol. The molecule has 1 aliphatic carbocycles. The van der Waals surface area contributed by atoms with Crippen LogP contribution in [0.1, 0.15) is 39.0 Å². The summed E-state index contributed by atoms with van der Waals surface area (Å²) in [4.78, 5) is 0. The van der Waals surface area contributed by atoms with E-state index in [0.29, 0.717) is 0 Å². The predicted octanol–water partition coefficient (Wildman–Crippen LogP) is 2.48. The third-order valence-electron chi connectivity index (χ3n) is 3.01. The molecular weight excluding hydrogens is 146 g/mol. The Kier molecular flexibility index (Phi) is 2.50. The number of piperidine rings is 1. The second kappa shape index (κ2) is 3.61. The van der Waals surface area contributed by atoms with E-state index in [4.69, 9.17) is 0 Å². The fraction of sp³-hybridized carbons (Fsp3) is 0.818. The molecule has 1 unspecified atom stereocenters. The Morgan fingerprint density at radius 3 is 2.83 bits per heavy atom. The lowest BCUT2D eigenvalue weighted by atomic mass is 10.00. The summed E-state index contributed by atoms with van der Waals surface area (Å²) in [6.07, 6.45) is 9.46. The van der Waals surface area contributed by atoms with Crippen LogP contribution in [0.3, 0.4) is 0 Å². The Morgan fingerprint density at radius 2 is 2.25 bits per heavy atom. The first-order valence-electron chi connectivity index (χ1n) is 5.26. The largest absolute Gasteiger partial charge is 0.311 e. The second-order valence-electron chi connectivity index (χ2n) is 4.36. The van der Waals surface area contributed by atoms with Crippen LogP contribution in [0.2, 0.25) is 0 Å². The van der Waals surface area contributed by atoms with Crippen LogP contribution in [0.25, 0.3) is 0 Å². The number of hydrogen-bond acceptors (Lipinski definition) is 1. The summed E-state index contributed by atoms with van der Waals surface area (Å²) in [5.41, 5.74) is 1.65. The van der Waals surface area contributed by atoms with E-state index in [2.05, 4.69) is 18.3 Å². The van der Waals surface area contributed by atoms with Gasteiger partial charge < -0.3 is 5.32 Å². The lowest BCUT2D eigenvalue weighted by Gasteiger charge is -2.22. The third-order valence-corrected chi connectivity index (χ3v) is 3.01. The molecule has 2 fully saturated rings. The summed E-state index contributed by atoms with van der Waals surface area (Å²) in [7, 11) is 0. The highest BCUT2D eigenvalue weighted by Gasteiger charge is 2.20. The van der Waals surface area contributed by atoms with Gasteiger partial charge in [0.05, 0.1) is 0 Å². The Labute approximate surface area is 75.2 Å². The van der Waals surface area contributed by atoms with E-state index in [-0.39, 0.29) is 0 Å². The Morgan fingerprint density at radius 1 is 1.42 bits per heavy atom. The van der Waals surface area contributed by atoms with E-state index >= 15 is 0 Å². The van der Waals surface area contributed by atoms with Crippen LogP contribution in [0, 0.1) is 5.92 Å². The molecule has 0 amide bonds. The van der Waals surface area contributed by atoms with Crippen molar-refractivity contribution in [2.75, 3.05) is 6.54 Å². The van der Waals surface area contributed by atoms with Crippen molar-refractivity contribution >= 4 is 0 Å². The van der Waals surface area contributed by atoms with Crippen LogP contribution >= 0.6 is 0 Å². The highest BCUT2D eigenvalue weighted by atomic mass is 14.9. The minimum Gasteiger partial charge on any atom is -0.311 e. The monoisotopic (exact) mass is 165 g/mol. The van der Waals surface area contributed by atoms with Crippen LogP contribution in [-0.4, -0.2) is 12.6 Å². The van der Waals surface area contributed by atoms with Crippen LogP contribution in [0.15, 0.2) is 11.6 Å². The minimum absolute atomic E-state index is 0.739. The van der Waals surface area contributed by atoms with Gasteiger partial charge in [0.25, 0.3) is 0 Å². The van der Waals surface area contributed by atoms with E-state index in [9.17, 15) is 0 Å². The SMILES string of the molecule is CC1CC/C(=C\CC2CC2)CN1. The van der Waals surface area contributed by atoms with Crippen molar-refractivity contribution in [1.82, 2.24) is 5.32 Å². The van der Waals surface area contributed by atoms with Gasteiger partial charge in [0.2, 0.25) is 0 Å². The van der Waals surface area contributed by atoms with Crippen molar-refractivity contribution in [1.29, 1.82) is 0 Å². The highest BCUT2D eigenvalue weighted by Crippen LogP contribution is 2.33. The maximum Gasteiger partial charge on any atom is 0.0167 e. The van der Waals surface area contributed by atoms with E-state index < -0.39 is 0 Å². The molecule has 1 saturated heterocycles. The van der Waals surface area contributed by atoms with Crippen LogP contribution in [0.4, 0.5) is 0 Å². The molecule has 68 valence electrons. The molecule has 0 spiro atoms. The average Bonchev–Trinajstić information content (AvgIpc) is 2.87. The smallest absolute Gasteiger partial charge is 0.0167 e. The Bertz CT molecular complexity index is 169. The van der Waals surface area contributed by atoms with Gasteiger partial charge in [0.15, 0.2) is 0 Å². The van der Waals surface area contributed by atoms with Gasteiger partial charge in [-0.15, -0.1) is 0 Å². The molecule has 1 saturated carbocycles. The molecule has 2 aliphatic rings. The molecule has 0 aromatic rings. The molecule has 0 aromatic heterocycles. The van der Waals surface area contributed by atoms with E-state index in [1.54, 1.807) is 5.57 Å². The van der Waals surface area contributed by atoms with Gasteiger partial charge in [0, 0.05) is 12.6 Å². The summed E-state index contributed by atoms with van der Waals surface area (Å²) >= 11 is 0. The van der Waals surface area contributed by atoms with E-state index in [1.165, 1.54) is 32.1 Å². The zero-order valence-corrected chi connectivity index (χ0v) is 7.97. The second-order valence-corrected chi connectivity index (χ2v) is 4.36. The van der Waals surface area contributed by atoms with Crippen molar-refractivity contribution in [3.63, 3.8) is 0 Å². The maximum absolute atomic E-state index is 3.51. The first-order chi connectivity index (χ1) is 5.84. The molecule has 1 N–H and O–H groups in total. The minimum atomic E-state index is 0.739. The van der Waals surface area contributed by atoms with Gasteiger partial charge in [0.1, 0.15) is 0 Å². The summed E-state index contributed by atoms with van der Waals surface area (Å²) in [5.74, 6) is 1.05. The maximum atomic E-state index is 3.51. The zero-order chi connectivity index (χ0) is 8.39. The normalized spacial score (nSPS) is 34.1. The van der Waals surface area contributed by atoms with Crippen LogP contribution in [0.5, 0.6) is 0 Å². The topological polar surface area (TPSA) is 12.0 Å². The molecule has 1 atom stereocenters. The lowest BCUT2D eigenvalue weighted by Crippen LogP contribution is -2.32. The van der Waals surface area contributed by atoms with Gasteiger partial charge in [-0.2, -0.15) is 0 Å². The molecule has 1 nitrogen and oxygen atoms in total. The third kappa shape index (κ3) is 2.34. The number of allylic oxidation sites excluding steroid dienone is 1. The van der Waals surface area contributed by atoms with Crippen molar-refractivity contribution in [2.45, 2.75) is 45.1 Å². The number of nitrogens with one attached hydrogen (secondary N) is 1. The molecular formula is C11H19N. The Hall–Kier alpha value is -0.300. The van der Waals surface area contributed by atoms with Gasteiger partial charge in [-0.25, -0.2) is 0 Å². The van der Waals surface area contributed by atoms with Gasteiger partial charge in [-0.1, -0.05) is 11.6 Å². The zero-order valence-electron chi connectivity index (χ0n) is 7.97. The standard InChI is InChI=1S/C11H19N/c1-9-2-3-11(8-12-9)7-6-10-4-5-10/h7,9-10,12H,2-6,8H2,1H3/b11-7+. The summed E-state index contributed by atoms with van der Waals surface area (Å²) < 4.78 is 0. The van der Waals surface area contributed by atoms with Crippen molar-refractivity contribution in [3.8, 4) is 0 Å². The quantitative estimate of drug-likeness (QED) is 0.620. The summed E-state index contributed by atoms with van der Waals surface area (Å²) in [6.45, 7) is 3.42. The first kappa shape index (κ1) is 8.31. The molecule has 2 rings (SSSR count). The van der Waals surface area contributed by atoms with Crippen LogP contribution in [-0.2, 0) is 0 Å². The fourth-order valence-electron chi connectivity index (χ4n) is 1.76. The number of hydrogen-bond donors (Lipinski definition) is 1. The van der Waals surface area contributed by atoms with E-state index in [1.807, 2.05) is 0 Å². The Balaban J connectivity index is 1.75. The number of rotatable bonds is 2. The molecule has 0 radical (unpaired) electrons. The predicted molar refractivity (Wildman–Crippen MR) is 52.1 cm³/mol. The van der Waals surface area contributed by atoms with Gasteiger partial charge >= 0.3 is 0 Å². The van der Waals surface area contributed by atoms with Crippen molar-refractivity contribution in [3.05, 3.63) is 11.6 Å². The van der Waals surface area contributed by atoms with Crippen molar-refractivity contribution in [2.24, 2.45) is 5.92 Å². The summed E-state index contributed by atoms with van der Waals surface area (Å²) in [6, 6.07) is 0.739. The molecule has 1 aliphatic heterocycles. The molecule has 1 heteroatoms. The summed E-state index contributed by atoms with van der Waals surface area (Å²) in [5, 5.41) is 3.51. The highest BCUT2D eigenvalue weighted by molar-refractivity contribution is 5.08. The molecule has 12 heavy (non-hydrogen) atoms. The van der Waals surface area contributed by atoms with Gasteiger partial charge in [-0.3, -0.25) is 0 Å².